The van der Waals surface area contributed by atoms with E-state index in [1.54, 1.807) is 0 Å². The van der Waals surface area contributed by atoms with Crippen LogP contribution in [0, 0.1) is 0 Å². The minimum atomic E-state index is -7.07. The van der Waals surface area contributed by atoms with E-state index in [2.05, 4.69) is 0 Å². The molecule has 0 radical (unpaired) electrons. The summed E-state index contributed by atoms with van der Waals surface area (Å²) < 4.78 is 184. The number of fused-ring (bicyclic) bond motifs is 4. The third-order valence-corrected chi connectivity index (χ3v) is 14.2. The van der Waals surface area contributed by atoms with Gasteiger partial charge in [-0.15, -0.1) is 0 Å². The second-order valence-corrected chi connectivity index (χ2v) is 15.1. The zero-order valence-corrected chi connectivity index (χ0v) is 20.0. The summed E-state index contributed by atoms with van der Waals surface area (Å²) in [7, 11) is -7.07. The van der Waals surface area contributed by atoms with E-state index in [9.17, 15) is 52.7 Å². The molecule has 2 aromatic rings. The van der Waals surface area contributed by atoms with Crippen molar-refractivity contribution < 1.29 is 61.5 Å². The molecule has 0 atom stereocenters. The molecule has 0 bridgehead atoms. The van der Waals surface area contributed by atoms with Gasteiger partial charge < -0.3 is 0 Å². The van der Waals surface area contributed by atoms with E-state index < -0.39 is 70.3 Å². The number of halogens is 12. The Balaban J connectivity index is 2.36. The molecule has 37 heavy (non-hydrogen) atoms. The SMILES string of the molecule is CC(C)(C)[Si-]12(OC(C(F)(F)F)(C(F)(F)F)c3ccccc31)OC(C(F)(F)F)(C(F)(F)F)c1ccccc12. The van der Waals surface area contributed by atoms with Gasteiger partial charge in [0.25, 0.3) is 0 Å². The van der Waals surface area contributed by atoms with Crippen LogP contribution in [0.15, 0.2) is 48.5 Å². The first kappa shape index (κ1) is 27.8. The average molecular weight is 569 g/mol. The van der Waals surface area contributed by atoms with Crippen molar-refractivity contribution in [3.63, 3.8) is 0 Å². The summed E-state index contributed by atoms with van der Waals surface area (Å²) in [6.07, 6.45) is -25.4. The van der Waals surface area contributed by atoms with Crippen molar-refractivity contribution in [1.29, 1.82) is 0 Å². The number of alkyl halides is 12. The van der Waals surface area contributed by atoms with Crippen molar-refractivity contribution in [2.75, 3.05) is 0 Å². The van der Waals surface area contributed by atoms with E-state index in [0.29, 0.717) is 24.3 Å². The molecule has 2 heterocycles. The molecule has 206 valence electrons. The van der Waals surface area contributed by atoms with Crippen LogP contribution < -0.4 is 10.4 Å². The van der Waals surface area contributed by atoms with Crippen LogP contribution in [0.5, 0.6) is 0 Å². The molecule has 2 aliphatic heterocycles. The standard InChI is InChI=1S/C22H17F12O2Si/c1-16(2,3)37(14-10-6-4-8-12(14)17(35-37,19(23,24)25)20(26,27)28)15-11-7-5-9-13(15)18(36-37,21(29,30)31)22(32,33)34/h4-11H,1-3H3/q-1. The Morgan fingerprint density at radius 2 is 0.784 bits per heavy atom. The minimum absolute atomic E-state index is 0.336. The Labute approximate surface area is 201 Å². The van der Waals surface area contributed by atoms with Crippen LogP contribution >= 0.6 is 0 Å². The molecule has 0 aromatic heterocycles. The Morgan fingerprint density at radius 1 is 0.514 bits per heavy atom. The van der Waals surface area contributed by atoms with Gasteiger partial charge in [0, 0.05) is 0 Å². The van der Waals surface area contributed by atoms with Crippen LogP contribution in [0.4, 0.5) is 52.7 Å². The fourth-order valence-corrected chi connectivity index (χ4v) is 12.9. The third-order valence-electron chi connectivity index (χ3n) is 7.25. The molecule has 0 saturated heterocycles. The first-order valence-corrected chi connectivity index (χ1v) is 12.8. The molecule has 0 saturated carbocycles. The summed E-state index contributed by atoms with van der Waals surface area (Å²) in [5, 5.41) is -4.55. The maximum absolute atomic E-state index is 14.5. The Hall–Kier alpha value is -2.26. The van der Waals surface area contributed by atoms with Gasteiger partial charge in [0.05, 0.1) is 0 Å². The maximum atomic E-state index is 14.5. The number of rotatable bonds is 0. The van der Waals surface area contributed by atoms with Crippen LogP contribution in [-0.2, 0) is 20.1 Å². The van der Waals surface area contributed by atoms with Crippen LogP contribution in [0.2, 0.25) is 5.04 Å². The first-order valence-electron chi connectivity index (χ1n) is 10.5. The van der Waals surface area contributed by atoms with E-state index in [0.717, 1.165) is 45.0 Å². The van der Waals surface area contributed by atoms with Gasteiger partial charge in [0.1, 0.15) is 0 Å². The third kappa shape index (κ3) is 2.82. The Bertz CT molecular complexity index is 1130. The number of hydrogen-bond donors (Lipinski definition) is 0. The fraction of sp³-hybridized carbons (Fsp3) is 0.455. The summed E-state index contributed by atoms with van der Waals surface area (Å²) in [6, 6.07) is 5.22. The topological polar surface area (TPSA) is 18.5 Å². The zero-order valence-electron chi connectivity index (χ0n) is 19.0. The molecule has 2 aliphatic rings. The first-order chi connectivity index (χ1) is 16.5. The molecule has 4 rings (SSSR count). The summed E-state index contributed by atoms with van der Waals surface area (Å²) in [5.74, 6) is 0. The predicted octanol–water partition coefficient (Wildman–Crippen LogP) is 6.70. The molecule has 0 aliphatic carbocycles. The van der Waals surface area contributed by atoms with Gasteiger partial charge >= 0.3 is 201 Å². The van der Waals surface area contributed by atoms with Gasteiger partial charge in [-0.25, -0.2) is 0 Å². The van der Waals surface area contributed by atoms with Crippen molar-refractivity contribution in [3.05, 3.63) is 59.7 Å². The van der Waals surface area contributed by atoms with E-state index >= 15 is 0 Å². The van der Waals surface area contributed by atoms with Crippen molar-refractivity contribution in [2.45, 2.75) is 61.7 Å². The van der Waals surface area contributed by atoms with Gasteiger partial charge in [-0.3, -0.25) is 0 Å². The van der Waals surface area contributed by atoms with Crippen molar-refractivity contribution in [1.82, 2.24) is 0 Å². The molecule has 0 fully saturated rings. The second kappa shape index (κ2) is 7.03. The molecule has 0 unspecified atom stereocenters. The average Bonchev–Trinajstić information content (AvgIpc) is 3.17. The quantitative estimate of drug-likeness (QED) is 0.260. The van der Waals surface area contributed by atoms with Gasteiger partial charge in [0.2, 0.25) is 0 Å². The summed E-state index contributed by atoms with van der Waals surface area (Å²) >= 11 is 0. The van der Waals surface area contributed by atoms with E-state index in [4.69, 9.17) is 8.85 Å². The molecular weight excluding hydrogens is 552 g/mol. The van der Waals surface area contributed by atoms with Crippen molar-refractivity contribution in [3.8, 4) is 0 Å². The number of hydrogen-bond acceptors (Lipinski definition) is 2. The fourth-order valence-electron chi connectivity index (χ4n) is 5.73. The van der Waals surface area contributed by atoms with Crippen LogP contribution in [0.1, 0.15) is 31.9 Å². The Kier molecular flexibility index (Phi) is 5.27. The summed E-state index contributed by atoms with van der Waals surface area (Å²) in [6.45, 7) is 2.71. The van der Waals surface area contributed by atoms with Gasteiger partial charge in [-0.05, 0) is 0 Å². The molecule has 2 nitrogen and oxygen atoms in total. The van der Waals surface area contributed by atoms with Gasteiger partial charge in [-0.2, -0.15) is 0 Å². The molecule has 2 aromatic carbocycles. The van der Waals surface area contributed by atoms with Crippen molar-refractivity contribution in [2.24, 2.45) is 0 Å². The van der Waals surface area contributed by atoms with E-state index in [1.807, 2.05) is 0 Å². The summed E-state index contributed by atoms with van der Waals surface area (Å²) in [4.78, 5) is 0. The Morgan fingerprint density at radius 3 is 1.03 bits per heavy atom. The molecule has 1 spiro atoms. The normalized spacial score (nSPS) is 23.3. The van der Waals surface area contributed by atoms with Crippen LogP contribution in [0.25, 0.3) is 0 Å². The molecule has 15 heteroatoms. The predicted molar refractivity (Wildman–Crippen MR) is 107 cm³/mol. The van der Waals surface area contributed by atoms with Crippen LogP contribution in [0.3, 0.4) is 0 Å². The van der Waals surface area contributed by atoms with Crippen LogP contribution in [-0.4, -0.2) is 32.5 Å². The van der Waals surface area contributed by atoms with E-state index in [1.165, 1.54) is 0 Å². The molecular formula is C22H17F12O2Si-. The second-order valence-electron chi connectivity index (χ2n) is 9.97. The monoisotopic (exact) mass is 569 g/mol. The van der Waals surface area contributed by atoms with E-state index in [-0.39, 0.29) is 0 Å². The van der Waals surface area contributed by atoms with Gasteiger partial charge in [-0.1, -0.05) is 0 Å². The molecule has 0 N–H and O–H groups in total. The molecule has 0 amide bonds. The summed E-state index contributed by atoms with van der Waals surface area (Å²) in [5.41, 5.74) is -13.9. The zero-order chi connectivity index (χ0) is 28.3. The number of benzene rings is 2. The van der Waals surface area contributed by atoms with Crippen molar-refractivity contribution >= 4 is 18.2 Å². The van der Waals surface area contributed by atoms with Gasteiger partial charge in [0.15, 0.2) is 0 Å².